The molecule has 2 aliphatic heterocycles. The first-order valence-corrected chi connectivity index (χ1v) is 15.1. The summed E-state index contributed by atoms with van der Waals surface area (Å²) in [6, 6.07) is 25.5. The smallest absolute Gasteiger partial charge is 0.321 e. The van der Waals surface area contributed by atoms with Crippen LogP contribution in [0.1, 0.15) is 35.4 Å². The number of fused-ring (bicyclic) bond motifs is 1. The average molecular weight is 581 g/mol. The van der Waals surface area contributed by atoms with Gasteiger partial charge in [-0.1, -0.05) is 42.2 Å². The zero-order chi connectivity index (χ0) is 29.9. The molecule has 1 aliphatic carbocycles. The Morgan fingerprint density at radius 2 is 1.53 bits per heavy atom. The van der Waals surface area contributed by atoms with E-state index in [1.807, 2.05) is 68.7 Å². The van der Waals surface area contributed by atoms with Crippen LogP contribution in [-0.2, 0) is 0 Å². The standard InChI is InChI=1S/C35H40N4O4/c1-37(2)20-30-34(26-12-10-25(11-13-26)9-8-24-6-4-3-5-7-24)31-21-38(22-32(40)33(41)23-39(30)31)35(42)36-27-14-16-28(17-15-27)43-29-18-19-29/h3-7,10-17,29-34,40-41H,18-23H2,1-2H3,(H,36,42). The molecule has 3 aromatic rings. The van der Waals surface area contributed by atoms with Crippen molar-refractivity contribution in [3.8, 4) is 17.6 Å². The molecule has 8 heteroatoms. The van der Waals surface area contributed by atoms with Gasteiger partial charge in [0.2, 0.25) is 0 Å². The van der Waals surface area contributed by atoms with Crippen molar-refractivity contribution in [1.82, 2.24) is 14.7 Å². The molecule has 5 unspecified atom stereocenters. The first-order valence-electron chi connectivity index (χ1n) is 15.1. The summed E-state index contributed by atoms with van der Waals surface area (Å²) in [7, 11) is 4.09. The number of aliphatic hydroxyl groups is 2. The van der Waals surface area contributed by atoms with E-state index >= 15 is 0 Å². The van der Waals surface area contributed by atoms with Gasteiger partial charge >= 0.3 is 6.03 Å². The van der Waals surface area contributed by atoms with E-state index in [-0.39, 0.29) is 30.6 Å². The van der Waals surface area contributed by atoms with Crippen LogP contribution in [0, 0.1) is 11.8 Å². The third kappa shape index (κ3) is 7.03. The highest BCUT2D eigenvalue weighted by atomic mass is 16.5. The number of anilines is 1. The summed E-state index contributed by atoms with van der Waals surface area (Å²) in [5.74, 6) is 7.42. The molecule has 2 heterocycles. The van der Waals surface area contributed by atoms with Crippen molar-refractivity contribution in [1.29, 1.82) is 0 Å². The van der Waals surface area contributed by atoms with Crippen LogP contribution in [0.3, 0.4) is 0 Å². The monoisotopic (exact) mass is 580 g/mol. The molecule has 8 nitrogen and oxygen atoms in total. The summed E-state index contributed by atoms with van der Waals surface area (Å²) in [6.07, 6.45) is 0.481. The highest BCUT2D eigenvalue weighted by Gasteiger charge is 2.51. The zero-order valence-corrected chi connectivity index (χ0v) is 24.8. The Balaban J connectivity index is 1.20. The molecule has 0 radical (unpaired) electrons. The Kier molecular flexibility index (Phi) is 8.68. The van der Waals surface area contributed by atoms with Crippen LogP contribution >= 0.6 is 0 Å². The summed E-state index contributed by atoms with van der Waals surface area (Å²) in [6.45, 7) is 1.64. The Hall–Kier alpha value is -3.87. The molecule has 224 valence electrons. The molecule has 1 saturated carbocycles. The van der Waals surface area contributed by atoms with Gasteiger partial charge in [0.25, 0.3) is 0 Å². The lowest BCUT2D eigenvalue weighted by atomic mass is 9.73. The normalized spacial score (nSPS) is 25.4. The van der Waals surface area contributed by atoms with Crippen LogP contribution in [0.25, 0.3) is 0 Å². The maximum absolute atomic E-state index is 13.5. The number of amides is 2. The fraction of sp³-hybridized carbons (Fsp3) is 0.400. The van der Waals surface area contributed by atoms with Crippen molar-refractivity contribution < 1.29 is 19.7 Å². The summed E-state index contributed by atoms with van der Waals surface area (Å²) < 4.78 is 5.82. The second kappa shape index (κ2) is 12.8. The summed E-state index contributed by atoms with van der Waals surface area (Å²) in [4.78, 5) is 19.6. The van der Waals surface area contributed by atoms with Crippen molar-refractivity contribution in [3.63, 3.8) is 0 Å². The number of aliphatic hydroxyl groups excluding tert-OH is 2. The second-order valence-corrected chi connectivity index (χ2v) is 12.2. The van der Waals surface area contributed by atoms with Gasteiger partial charge in [0.1, 0.15) is 5.75 Å². The van der Waals surface area contributed by atoms with E-state index in [2.05, 4.69) is 51.2 Å². The van der Waals surface area contributed by atoms with E-state index in [0.717, 1.165) is 36.3 Å². The SMILES string of the molecule is CN(C)CC1C(c2ccc(C#Cc3ccccc3)cc2)C2CN(C(=O)Nc3ccc(OC4CC4)cc3)CC(O)C(O)CN12. The van der Waals surface area contributed by atoms with Gasteiger partial charge in [-0.15, -0.1) is 0 Å². The van der Waals surface area contributed by atoms with E-state index in [0.29, 0.717) is 24.9 Å². The predicted molar refractivity (Wildman–Crippen MR) is 167 cm³/mol. The molecule has 0 spiro atoms. The summed E-state index contributed by atoms with van der Waals surface area (Å²) >= 11 is 0. The highest BCUT2D eigenvalue weighted by Crippen LogP contribution is 2.42. The molecule has 2 saturated heterocycles. The third-order valence-electron chi connectivity index (χ3n) is 8.53. The second-order valence-electron chi connectivity index (χ2n) is 12.2. The van der Waals surface area contributed by atoms with Crippen LogP contribution in [0.4, 0.5) is 10.5 Å². The van der Waals surface area contributed by atoms with E-state index < -0.39 is 12.2 Å². The van der Waals surface area contributed by atoms with E-state index in [4.69, 9.17) is 4.74 Å². The number of nitrogens with zero attached hydrogens (tertiary/aromatic N) is 3. The number of rotatable bonds is 6. The molecule has 3 aliphatic rings. The summed E-state index contributed by atoms with van der Waals surface area (Å²) in [5, 5.41) is 24.7. The van der Waals surface area contributed by atoms with Gasteiger partial charge < -0.3 is 30.1 Å². The lowest BCUT2D eigenvalue weighted by Gasteiger charge is -2.59. The number of urea groups is 1. The van der Waals surface area contributed by atoms with Crippen LogP contribution in [0.5, 0.6) is 5.75 Å². The molecule has 3 fully saturated rings. The van der Waals surface area contributed by atoms with Gasteiger partial charge in [-0.05, 0) is 81.0 Å². The molecule has 43 heavy (non-hydrogen) atoms. The van der Waals surface area contributed by atoms with Crippen LogP contribution in [0.2, 0.25) is 0 Å². The van der Waals surface area contributed by atoms with Gasteiger partial charge in [-0.2, -0.15) is 0 Å². The number of hydrogen-bond donors (Lipinski definition) is 3. The maximum Gasteiger partial charge on any atom is 0.321 e. The molecule has 5 atom stereocenters. The van der Waals surface area contributed by atoms with E-state index in [1.54, 1.807) is 4.90 Å². The zero-order valence-electron chi connectivity index (χ0n) is 24.8. The number of likely N-dealkylation sites (N-methyl/N-ethyl adjacent to an activating group) is 1. The minimum Gasteiger partial charge on any atom is -0.490 e. The Morgan fingerprint density at radius 1 is 0.884 bits per heavy atom. The van der Waals surface area contributed by atoms with Gasteiger partial charge in [0.05, 0.1) is 24.9 Å². The van der Waals surface area contributed by atoms with Crippen molar-refractivity contribution >= 4 is 11.7 Å². The van der Waals surface area contributed by atoms with Gasteiger partial charge in [0.15, 0.2) is 0 Å². The maximum atomic E-state index is 13.5. The fourth-order valence-electron chi connectivity index (χ4n) is 6.14. The molecule has 0 aromatic heterocycles. The van der Waals surface area contributed by atoms with Gasteiger partial charge in [-0.3, -0.25) is 4.90 Å². The molecule has 3 N–H and O–H groups in total. The largest absolute Gasteiger partial charge is 0.490 e. The van der Waals surface area contributed by atoms with Crippen LogP contribution in [0.15, 0.2) is 78.9 Å². The van der Waals surface area contributed by atoms with Crippen molar-refractivity contribution in [2.24, 2.45) is 0 Å². The third-order valence-corrected chi connectivity index (χ3v) is 8.53. The average Bonchev–Trinajstić information content (AvgIpc) is 3.82. The minimum atomic E-state index is -1.04. The number of carbonyl (C=O) groups is 1. The Bertz CT molecular complexity index is 1450. The number of nitrogens with one attached hydrogen (secondary N) is 1. The first kappa shape index (κ1) is 29.2. The molecule has 2 amide bonds. The number of hydrogen-bond acceptors (Lipinski definition) is 6. The Morgan fingerprint density at radius 3 is 2.19 bits per heavy atom. The first-order chi connectivity index (χ1) is 20.8. The predicted octanol–water partition coefficient (Wildman–Crippen LogP) is 3.60. The van der Waals surface area contributed by atoms with E-state index in [9.17, 15) is 15.0 Å². The lowest BCUT2D eigenvalue weighted by Crippen LogP contribution is -2.71. The van der Waals surface area contributed by atoms with Crippen LogP contribution < -0.4 is 10.1 Å². The quantitative estimate of drug-likeness (QED) is 0.387. The number of carbonyl (C=O) groups excluding carboxylic acids is 1. The molecular weight excluding hydrogens is 540 g/mol. The fourth-order valence-corrected chi connectivity index (χ4v) is 6.14. The Labute approximate surface area is 253 Å². The number of β-amino-alcohol motifs (C(OH)–C–C–N with tert-alkyl or cyclic N) is 1. The number of benzene rings is 3. The minimum absolute atomic E-state index is 0.00609. The van der Waals surface area contributed by atoms with Crippen molar-refractivity contribution in [2.75, 3.05) is 45.6 Å². The molecule has 3 aromatic carbocycles. The molecule has 0 bridgehead atoms. The summed E-state index contributed by atoms with van der Waals surface area (Å²) in [5.41, 5.74) is 3.76. The van der Waals surface area contributed by atoms with Crippen molar-refractivity contribution in [3.05, 3.63) is 95.6 Å². The molecular formula is C35H40N4O4. The van der Waals surface area contributed by atoms with E-state index in [1.165, 1.54) is 5.56 Å². The number of ether oxygens (including phenoxy) is 1. The molecule has 6 rings (SSSR count). The van der Waals surface area contributed by atoms with Crippen LogP contribution in [-0.4, -0.2) is 102 Å². The van der Waals surface area contributed by atoms with Gasteiger partial charge in [-0.25, -0.2) is 4.79 Å². The lowest BCUT2D eigenvalue weighted by molar-refractivity contribution is -0.105. The highest BCUT2D eigenvalue weighted by molar-refractivity contribution is 5.89. The topological polar surface area (TPSA) is 88.5 Å². The van der Waals surface area contributed by atoms with Crippen molar-refractivity contribution in [2.45, 2.75) is 49.2 Å². The van der Waals surface area contributed by atoms with Gasteiger partial charge in [0, 0.05) is 54.5 Å².